The monoisotopic (exact) mass is 133 g/mol. The Labute approximate surface area is 56.9 Å². The molecule has 0 rings (SSSR count). The molecule has 0 bridgehead atoms. The molecule has 0 radical (unpaired) electrons. The van der Waals surface area contributed by atoms with Crippen molar-refractivity contribution in [2.24, 2.45) is 0 Å². The zero-order chi connectivity index (χ0) is 7.28. The molecule has 0 aliphatic rings. The third-order valence-electron chi connectivity index (χ3n) is 1.33. The lowest BCUT2D eigenvalue weighted by atomic mass is 10.2. The Hall–Kier alpha value is -0.110. The molecular formula is C7H16FN. The van der Waals surface area contributed by atoms with Crippen molar-refractivity contribution in [3.8, 4) is 0 Å². The molecule has 0 aromatic rings. The van der Waals surface area contributed by atoms with Crippen LogP contribution in [0.3, 0.4) is 0 Å². The predicted molar refractivity (Wildman–Crippen MR) is 38.4 cm³/mol. The van der Waals surface area contributed by atoms with E-state index in [0.29, 0.717) is 12.8 Å². The van der Waals surface area contributed by atoms with Crippen molar-refractivity contribution in [3.63, 3.8) is 0 Å². The molecule has 0 saturated carbocycles. The number of halogens is 1. The molecule has 9 heavy (non-hydrogen) atoms. The van der Waals surface area contributed by atoms with Crippen LogP contribution in [0.15, 0.2) is 0 Å². The van der Waals surface area contributed by atoms with Gasteiger partial charge in [0, 0.05) is 6.54 Å². The van der Waals surface area contributed by atoms with Gasteiger partial charge in [-0.3, -0.25) is 0 Å². The minimum Gasteiger partial charge on any atom is -0.309 e. The molecule has 0 N–H and O–H groups in total. The Morgan fingerprint density at radius 1 is 1.44 bits per heavy atom. The lowest BCUT2D eigenvalue weighted by Crippen LogP contribution is -2.16. The molecule has 1 atom stereocenters. The van der Waals surface area contributed by atoms with Crippen molar-refractivity contribution in [3.05, 3.63) is 0 Å². The fourth-order valence-electron chi connectivity index (χ4n) is 0.602. The van der Waals surface area contributed by atoms with Gasteiger partial charge in [-0.05, 0) is 26.9 Å². The van der Waals surface area contributed by atoms with Gasteiger partial charge in [0.1, 0.15) is 6.17 Å². The lowest BCUT2D eigenvalue weighted by Gasteiger charge is -2.10. The summed E-state index contributed by atoms with van der Waals surface area (Å²) in [7, 11) is 3.92. The standard InChI is InChI=1S/C7H16FN/c1-4-7(8)5-6-9(2)3/h7H,4-6H2,1-3H3. The fourth-order valence-corrected chi connectivity index (χ4v) is 0.602. The number of hydrogen-bond acceptors (Lipinski definition) is 1. The van der Waals surface area contributed by atoms with Gasteiger partial charge in [0.2, 0.25) is 0 Å². The SMILES string of the molecule is CCC(F)CCN(C)C. The van der Waals surface area contributed by atoms with Gasteiger partial charge >= 0.3 is 0 Å². The summed E-state index contributed by atoms with van der Waals surface area (Å²) in [5, 5.41) is 0. The van der Waals surface area contributed by atoms with Crippen molar-refractivity contribution in [1.82, 2.24) is 4.90 Å². The average Bonchev–Trinajstić information content (AvgIpc) is 1.83. The summed E-state index contributed by atoms with van der Waals surface area (Å²) in [5.74, 6) is 0. The van der Waals surface area contributed by atoms with Gasteiger partial charge in [-0.25, -0.2) is 4.39 Å². The molecule has 0 spiro atoms. The highest BCUT2D eigenvalue weighted by Gasteiger charge is 2.01. The second kappa shape index (κ2) is 4.74. The average molecular weight is 133 g/mol. The molecule has 2 heteroatoms. The summed E-state index contributed by atoms with van der Waals surface area (Å²) in [6.45, 7) is 2.73. The highest BCUT2D eigenvalue weighted by molar-refractivity contribution is 4.54. The first-order valence-corrected chi connectivity index (χ1v) is 3.45. The van der Waals surface area contributed by atoms with Gasteiger partial charge in [0.15, 0.2) is 0 Å². The number of alkyl halides is 1. The second-order valence-electron chi connectivity index (χ2n) is 2.60. The van der Waals surface area contributed by atoms with E-state index in [2.05, 4.69) is 0 Å². The topological polar surface area (TPSA) is 3.24 Å². The maximum absolute atomic E-state index is 12.5. The fraction of sp³-hybridized carbons (Fsp3) is 1.00. The molecule has 0 aromatic carbocycles. The van der Waals surface area contributed by atoms with E-state index < -0.39 is 6.17 Å². The molecule has 0 heterocycles. The van der Waals surface area contributed by atoms with Gasteiger partial charge in [-0.1, -0.05) is 6.92 Å². The van der Waals surface area contributed by atoms with Crippen molar-refractivity contribution in [2.75, 3.05) is 20.6 Å². The molecule has 0 fully saturated rings. The molecular weight excluding hydrogens is 117 g/mol. The maximum atomic E-state index is 12.5. The molecule has 1 unspecified atom stereocenters. The molecule has 0 saturated heterocycles. The Kier molecular flexibility index (Phi) is 4.68. The van der Waals surface area contributed by atoms with E-state index in [1.807, 2.05) is 25.9 Å². The highest BCUT2D eigenvalue weighted by atomic mass is 19.1. The van der Waals surface area contributed by atoms with Crippen LogP contribution in [-0.4, -0.2) is 31.7 Å². The molecule has 0 aliphatic heterocycles. The first-order valence-electron chi connectivity index (χ1n) is 3.45. The molecule has 1 nitrogen and oxygen atoms in total. The smallest absolute Gasteiger partial charge is 0.101 e. The van der Waals surface area contributed by atoms with Crippen molar-refractivity contribution < 1.29 is 4.39 Å². The Balaban J connectivity index is 3.06. The maximum Gasteiger partial charge on any atom is 0.101 e. The van der Waals surface area contributed by atoms with Gasteiger partial charge in [-0.2, -0.15) is 0 Å². The van der Waals surface area contributed by atoms with Crippen LogP contribution >= 0.6 is 0 Å². The summed E-state index contributed by atoms with van der Waals surface area (Å²) in [6, 6.07) is 0. The van der Waals surface area contributed by atoms with Gasteiger partial charge < -0.3 is 4.90 Å². The van der Waals surface area contributed by atoms with E-state index >= 15 is 0 Å². The zero-order valence-corrected chi connectivity index (χ0v) is 6.52. The summed E-state index contributed by atoms with van der Waals surface area (Å²) >= 11 is 0. The zero-order valence-electron chi connectivity index (χ0n) is 6.52. The Bertz CT molecular complexity index is 63.9. The molecule has 0 aliphatic carbocycles. The van der Waals surface area contributed by atoms with Gasteiger partial charge in [0.05, 0.1) is 0 Å². The number of hydrogen-bond donors (Lipinski definition) is 0. The highest BCUT2D eigenvalue weighted by Crippen LogP contribution is 2.01. The van der Waals surface area contributed by atoms with Crippen molar-refractivity contribution in [2.45, 2.75) is 25.9 Å². The summed E-state index contributed by atoms with van der Waals surface area (Å²) in [5.41, 5.74) is 0. The Morgan fingerprint density at radius 3 is 2.33 bits per heavy atom. The van der Waals surface area contributed by atoms with Crippen LogP contribution < -0.4 is 0 Å². The normalized spacial score (nSPS) is 14.3. The molecule has 56 valence electrons. The first-order chi connectivity index (χ1) is 4.16. The predicted octanol–water partition coefficient (Wildman–Crippen LogP) is 1.69. The van der Waals surface area contributed by atoms with Crippen LogP contribution in [0.2, 0.25) is 0 Å². The third-order valence-corrected chi connectivity index (χ3v) is 1.33. The van der Waals surface area contributed by atoms with Crippen LogP contribution in [0, 0.1) is 0 Å². The first kappa shape index (κ1) is 8.89. The third kappa shape index (κ3) is 5.77. The van der Waals surface area contributed by atoms with E-state index in [9.17, 15) is 4.39 Å². The lowest BCUT2D eigenvalue weighted by molar-refractivity contribution is 0.267. The van der Waals surface area contributed by atoms with E-state index in [4.69, 9.17) is 0 Å². The van der Waals surface area contributed by atoms with Gasteiger partial charge in [-0.15, -0.1) is 0 Å². The van der Waals surface area contributed by atoms with Crippen LogP contribution in [0.25, 0.3) is 0 Å². The second-order valence-corrected chi connectivity index (χ2v) is 2.60. The number of rotatable bonds is 4. The van der Waals surface area contributed by atoms with Crippen molar-refractivity contribution >= 4 is 0 Å². The van der Waals surface area contributed by atoms with Crippen molar-refractivity contribution in [1.29, 1.82) is 0 Å². The van der Waals surface area contributed by atoms with Gasteiger partial charge in [0.25, 0.3) is 0 Å². The number of nitrogens with zero attached hydrogens (tertiary/aromatic N) is 1. The summed E-state index contributed by atoms with van der Waals surface area (Å²) in [4.78, 5) is 2.00. The van der Waals surface area contributed by atoms with E-state index in [0.717, 1.165) is 6.54 Å². The van der Waals surface area contributed by atoms with E-state index in [-0.39, 0.29) is 0 Å². The Morgan fingerprint density at radius 2 is 2.00 bits per heavy atom. The minimum atomic E-state index is -0.604. The minimum absolute atomic E-state index is 0.604. The van der Waals surface area contributed by atoms with Crippen LogP contribution in [0.4, 0.5) is 4.39 Å². The molecule has 0 amide bonds. The van der Waals surface area contributed by atoms with E-state index in [1.165, 1.54) is 0 Å². The summed E-state index contributed by atoms with van der Waals surface area (Å²) < 4.78 is 12.5. The van der Waals surface area contributed by atoms with Crippen LogP contribution in [-0.2, 0) is 0 Å². The van der Waals surface area contributed by atoms with Crippen LogP contribution in [0.5, 0.6) is 0 Å². The van der Waals surface area contributed by atoms with E-state index in [1.54, 1.807) is 0 Å². The molecule has 0 aromatic heterocycles. The largest absolute Gasteiger partial charge is 0.309 e. The van der Waals surface area contributed by atoms with Crippen LogP contribution in [0.1, 0.15) is 19.8 Å². The quantitative estimate of drug-likeness (QED) is 0.564. The summed E-state index contributed by atoms with van der Waals surface area (Å²) in [6.07, 6.45) is 0.713.